The predicted octanol–water partition coefficient (Wildman–Crippen LogP) is 1.62. The van der Waals surface area contributed by atoms with Gasteiger partial charge in [-0.05, 0) is 24.8 Å². The van der Waals surface area contributed by atoms with Gasteiger partial charge in [0, 0.05) is 24.1 Å². The molecule has 1 aromatic heterocycles. The van der Waals surface area contributed by atoms with Gasteiger partial charge in [-0.3, -0.25) is 9.59 Å². The number of nitrogens with one attached hydrogen (secondary N) is 1. The Morgan fingerprint density at radius 3 is 2.91 bits per heavy atom. The van der Waals surface area contributed by atoms with Crippen molar-refractivity contribution in [2.24, 2.45) is 24.0 Å². The van der Waals surface area contributed by atoms with E-state index in [9.17, 15) is 9.59 Å². The van der Waals surface area contributed by atoms with Crippen LogP contribution in [0.2, 0.25) is 0 Å². The van der Waals surface area contributed by atoms with Crippen LogP contribution in [0.3, 0.4) is 0 Å². The second-order valence-electron chi connectivity index (χ2n) is 6.01. The third kappa shape index (κ3) is 2.18. The van der Waals surface area contributed by atoms with Crippen molar-refractivity contribution in [3.05, 3.63) is 52.5 Å². The van der Waals surface area contributed by atoms with Crippen LogP contribution in [0.1, 0.15) is 23.3 Å². The maximum Gasteiger partial charge on any atom is 0.292 e. The normalized spacial score (nSPS) is 23.8. The van der Waals surface area contributed by atoms with E-state index in [1.54, 1.807) is 24.3 Å². The van der Waals surface area contributed by atoms with Crippen molar-refractivity contribution in [1.82, 2.24) is 15.2 Å². The Hall–Kier alpha value is -2.76. The van der Waals surface area contributed by atoms with Crippen LogP contribution < -0.4 is 11.0 Å². The zero-order chi connectivity index (χ0) is 16.0. The molecule has 23 heavy (non-hydrogen) atoms. The van der Waals surface area contributed by atoms with Gasteiger partial charge in [-0.25, -0.2) is 10.1 Å². The van der Waals surface area contributed by atoms with Crippen LogP contribution in [-0.4, -0.2) is 21.4 Å². The maximum absolute atomic E-state index is 12.4. The number of hydrogen-bond acceptors (Lipinski definition) is 4. The number of rotatable bonds is 2. The minimum Gasteiger partial charge on any atom is -0.267 e. The quantitative estimate of drug-likeness (QED) is 0.676. The Balaban J connectivity index is 1.64. The molecule has 2 unspecified atom stereocenters. The molecule has 1 N–H and O–H groups in total. The molecule has 2 aromatic rings. The lowest BCUT2D eigenvalue weighted by atomic mass is 9.74. The largest absolute Gasteiger partial charge is 0.292 e. The van der Waals surface area contributed by atoms with Crippen molar-refractivity contribution >= 4 is 22.4 Å². The van der Waals surface area contributed by atoms with Crippen molar-refractivity contribution in [3.8, 4) is 0 Å². The van der Waals surface area contributed by atoms with Gasteiger partial charge >= 0.3 is 0 Å². The second-order valence-corrected chi connectivity index (χ2v) is 6.01. The van der Waals surface area contributed by atoms with Gasteiger partial charge in [0.15, 0.2) is 5.69 Å². The average molecular weight is 308 g/mol. The number of aromatic nitrogens is 2. The first-order valence-corrected chi connectivity index (χ1v) is 7.64. The molecule has 0 radical (unpaired) electrons. The van der Waals surface area contributed by atoms with Crippen LogP contribution in [0, 0.1) is 11.8 Å². The van der Waals surface area contributed by atoms with Crippen molar-refractivity contribution < 1.29 is 4.79 Å². The number of amides is 1. The zero-order valence-corrected chi connectivity index (χ0v) is 12.7. The number of benzene rings is 1. The van der Waals surface area contributed by atoms with Crippen LogP contribution in [0.5, 0.6) is 0 Å². The van der Waals surface area contributed by atoms with E-state index in [4.69, 9.17) is 0 Å². The van der Waals surface area contributed by atoms with Crippen molar-refractivity contribution in [3.63, 3.8) is 0 Å². The average Bonchev–Trinajstić information content (AvgIpc) is 2.92. The Morgan fingerprint density at radius 2 is 2.13 bits per heavy atom. The lowest BCUT2D eigenvalue weighted by Gasteiger charge is -2.31. The Labute approximate surface area is 132 Å². The molecule has 1 amide bonds. The molecule has 0 bridgehead atoms. The van der Waals surface area contributed by atoms with Crippen molar-refractivity contribution in [2.45, 2.75) is 12.8 Å². The second kappa shape index (κ2) is 5.15. The summed E-state index contributed by atoms with van der Waals surface area (Å²) < 4.78 is 1.19. The maximum atomic E-state index is 12.4. The number of fused-ring (bicyclic) bond motifs is 2. The van der Waals surface area contributed by atoms with Gasteiger partial charge in [0.1, 0.15) is 0 Å². The Kier molecular flexibility index (Phi) is 3.11. The molecule has 1 aromatic carbocycles. The highest BCUT2D eigenvalue weighted by atomic mass is 16.2. The lowest BCUT2D eigenvalue weighted by Crippen LogP contribution is -2.36. The summed E-state index contributed by atoms with van der Waals surface area (Å²) in [5, 5.41) is 9.38. The van der Waals surface area contributed by atoms with Gasteiger partial charge in [-0.1, -0.05) is 30.4 Å². The van der Waals surface area contributed by atoms with Crippen molar-refractivity contribution in [2.75, 3.05) is 0 Å². The molecule has 6 heteroatoms. The third-order valence-corrected chi connectivity index (χ3v) is 4.64. The first kappa shape index (κ1) is 13.9. The minimum atomic E-state index is -0.390. The molecule has 2 aliphatic rings. The fourth-order valence-corrected chi connectivity index (χ4v) is 3.31. The van der Waals surface area contributed by atoms with Gasteiger partial charge in [0.25, 0.3) is 11.5 Å². The summed E-state index contributed by atoms with van der Waals surface area (Å²) in [7, 11) is 1.54. The molecular formula is C17H16N4O2. The van der Waals surface area contributed by atoms with E-state index in [0.717, 1.165) is 18.6 Å². The molecule has 1 heterocycles. The van der Waals surface area contributed by atoms with Crippen LogP contribution in [0.25, 0.3) is 10.8 Å². The van der Waals surface area contributed by atoms with Crippen LogP contribution >= 0.6 is 0 Å². The number of allylic oxidation sites excluding steroid dienone is 2. The van der Waals surface area contributed by atoms with Crippen LogP contribution in [0.4, 0.5) is 0 Å². The molecule has 0 aliphatic heterocycles. The van der Waals surface area contributed by atoms with E-state index in [1.165, 1.54) is 11.7 Å². The Morgan fingerprint density at radius 1 is 1.35 bits per heavy atom. The van der Waals surface area contributed by atoms with Crippen molar-refractivity contribution in [1.29, 1.82) is 0 Å². The van der Waals surface area contributed by atoms with E-state index < -0.39 is 5.91 Å². The highest BCUT2D eigenvalue weighted by Crippen LogP contribution is 2.40. The van der Waals surface area contributed by atoms with E-state index in [-0.39, 0.29) is 11.3 Å². The fraction of sp³-hybridized carbons (Fsp3) is 0.294. The topological polar surface area (TPSA) is 76.3 Å². The molecule has 6 nitrogen and oxygen atoms in total. The zero-order valence-electron chi connectivity index (χ0n) is 12.7. The summed E-state index contributed by atoms with van der Waals surface area (Å²) in [4.78, 5) is 24.5. The van der Waals surface area contributed by atoms with E-state index in [2.05, 4.69) is 27.8 Å². The summed E-state index contributed by atoms with van der Waals surface area (Å²) >= 11 is 0. The van der Waals surface area contributed by atoms with Gasteiger partial charge < -0.3 is 0 Å². The van der Waals surface area contributed by atoms with E-state index >= 15 is 0 Å². The third-order valence-electron chi connectivity index (χ3n) is 4.64. The standard InChI is InChI=1S/C17H16N4O2/c1-21-17(23)13-7-3-2-6-12(13)15(20-21)16(22)19-18-14-9-10-5-4-8-11(10)14/h2-7,10-11H,8-9H2,1H3,(H,19,22)/b18-14+. The summed E-state index contributed by atoms with van der Waals surface area (Å²) in [5.41, 5.74) is 3.62. The summed E-state index contributed by atoms with van der Waals surface area (Å²) in [5.74, 6) is 0.640. The summed E-state index contributed by atoms with van der Waals surface area (Å²) in [6.45, 7) is 0. The number of hydrazone groups is 1. The number of hydrogen-bond donors (Lipinski definition) is 1. The minimum absolute atomic E-state index is 0.215. The highest BCUT2D eigenvalue weighted by molar-refractivity contribution is 6.05. The molecule has 0 spiro atoms. The van der Waals surface area contributed by atoms with E-state index in [0.29, 0.717) is 22.6 Å². The molecule has 1 saturated carbocycles. The van der Waals surface area contributed by atoms with Gasteiger partial charge in [-0.15, -0.1) is 0 Å². The molecule has 2 atom stereocenters. The lowest BCUT2D eigenvalue weighted by molar-refractivity contribution is 0.0948. The first-order chi connectivity index (χ1) is 11.1. The number of nitrogens with zero attached hydrogens (tertiary/aromatic N) is 3. The number of aryl methyl sites for hydroxylation is 1. The van der Waals surface area contributed by atoms with Gasteiger partial charge in [0.2, 0.25) is 0 Å². The molecule has 2 aliphatic carbocycles. The van der Waals surface area contributed by atoms with Gasteiger partial charge in [-0.2, -0.15) is 10.2 Å². The van der Waals surface area contributed by atoms with Gasteiger partial charge in [0.05, 0.1) is 5.39 Å². The number of carbonyl (C=O) groups excluding carboxylic acids is 1. The highest BCUT2D eigenvalue weighted by Gasteiger charge is 2.38. The molecule has 4 rings (SSSR count). The fourth-order valence-electron chi connectivity index (χ4n) is 3.31. The SMILES string of the molecule is Cn1nc(C(=O)N/N=C2\CC3C=CCC23)c2ccccc2c1=O. The molecule has 1 fully saturated rings. The van der Waals surface area contributed by atoms with Crippen LogP contribution in [-0.2, 0) is 7.05 Å². The number of carbonyl (C=O) groups is 1. The predicted molar refractivity (Wildman–Crippen MR) is 87.2 cm³/mol. The smallest absolute Gasteiger partial charge is 0.267 e. The van der Waals surface area contributed by atoms with Crippen LogP contribution in [0.15, 0.2) is 46.3 Å². The summed E-state index contributed by atoms with van der Waals surface area (Å²) in [6.07, 6.45) is 6.29. The monoisotopic (exact) mass is 308 g/mol. The molecule has 0 saturated heterocycles. The molecular weight excluding hydrogens is 292 g/mol. The Bertz CT molecular complexity index is 926. The summed E-state index contributed by atoms with van der Waals surface area (Å²) in [6, 6.07) is 6.98. The molecule has 116 valence electrons. The van der Waals surface area contributed by atoms with E-state index in [1.807, 2.05) is 0 Å². The first-order valence-electron chi connectivity index (χ1n) is 7.64.